The average Bonchev–Trinajstić information content (AvgIpc) is 2.92. The summed E-state index contributed by atoms with van der Waals surface area (Å²) in [5.74, 6) is 1.19. The van der Waals surface area contributed by atoms with Crippen molar-refractivity contribution in [2.75, 3.05) is 36.5 Å². The maximum Gasteiger partial charge on any atom is 0.245 e. The van der Waals surface area contributed by atoms with Gasteiger partial charge in [-0.1, -0.05) is 16.8 Å². The lowest BCUT2D eigenvalue weighted by molar-refractivity contribution is 0.123. The normalized spacial score (nSPS) is 15.2. The van der Waals surface area contributed by atoms with Crippen LogP contribution in [0, 0.1) is 6.92 Å². The first kappa shape index (κ1) is 14.2. The Balaban J connectivity index is 1.77. The van der Waals surface area contributed by atoms with E-state index in [4.69, 9.17) is 20.9 Å². The number of ether oxygens (including phenoxy) is 1. The lowest BCUT2D eigenvalue weighted by Crippen LogP contribution is -2.36. The Kier molecular flexibility index (Phi) is 4.26. The Bertz CT molecular complexity index is 611. The van der Waals surface area contributed by atoms with Crippen LogP contribution in [0.25, 0.3) is 0 Å². The number of hydrogen-bond acceptors (Lipinski definition) is 6. The number of hydrogen-bond donors (Lipinski definition) is 1. The summed E-state index contributed by atoms with van der Waals surface area (Å²) in [5.41, 5.74) is 2.07. The highest BCUT2D eigenvalue weighted by Crippen LogP contribution is 2.30. The van der Waals surface area contributed by atoms with Gasteiger partial charge in [0.1, 0.15) is 0 Å². The maximum absolute atomic E-state index is 6.11. The van der Waals surface area contributed by atoms with E-state index in [0.717, 1.165) is 37.7 Å². The number of benzene rings is 1. The number of aryl methyl sites for hydroxylation is 1. The zero-order valence-corrected chi connectivity index (χ0v) is 12.6. The molecule has 1 N–H and O–H groups in total. The van der Waals surface area contributed by atoms with Gasteiger partial charge in [-0.25, -0.2) is 0 Å². The van der Waals surface area contributed by atoms with Crippen molar-refractivity contribution in [3.8, 4) is 0 Å². The number of anilines is 2. The van der Waals surface area contributed by atoms with Gasteiger partial charge < -0.3 is 19.5 Å². The van der Waals surface area contributed by atoms with Crippen molar-refractivity contribution in [1.29, 1.82) is 0 Å². The van der Waals surface area contributed by atoms with Crippen LogP contribution in [0.3, 0.4) is 0 Å². The summed E-state index contributed by atoms with van der Waals surface area (Å²) in [6.45, 7) is 5.49. The van der Waals surface area contributed by atoms with Gasteiger partial charge in [-0.15, -0.1) is 0 Å². The zero-order valence-electron chi connectivity index (χ0n) is 11.8. The number of nitrogens with one attached hydrogen (secondary N) is 1. The smallest absolute Gasteiger partial charge is 0.245 e. The summed E-state index contributed by atoms with van der Waals surface area (Å²) in [6.07, 6.45) is 0. The minimum absolute atomic E-state index is 0.471. The number of rotatable bonds is 4. The van der Waals surface area contributed by atoms with Crippen molar-refractivity contribution in [1.82, 2.24) is 10.1 Å². The van der Waals surface area contributed by atoms with Gasteiger partial charge in [-0.3, -0.25) is 0 Å². The van der Waals surface area contributed by atoms with E-state index in [0.29, 0.717) is 23.3 Å². The van der Waals surface area contributed by atoms with Crippen LogP contribution >= 0.6 is 11.6 Å². The molecular weight excluding hydrogens is 292 g/mol. The van der Waals surface area contributed by atoms with E-state index < -0.39 is 0 Å². The Hall–Kier alpha value is -1.79. The predicted molar refractivity (Wildman–Crippen MR) is 80.8 cm³/mol. The molecule has 0 amide bonds. The molecule has 1 aromatic heterocycles. The van der Waals surface area contributed by atoms with Crippen LogP contribution in [-0.2, 0) is 11.3 Å². The first-order valence-corrected chi connectivity index (χ1v) is 7.25. The largest absolute Gasteiger partial charge is 0.378 e. The molecule has 0 radical (unpaired) electrons. The average molecular weight is 309 g/mol. The Morgan fingerprint density at radius 3 is 2.86 bits per heavy atom. The third-order valence-electron chi connectivity index (χ3n) is 3.31. The number of aromatic nitrogens is 2. The third-order valence-corrected chi connectivity index (χ3v) is 3.55. The zero-order chi connectivity index (χ0) is 14.7. The first-order valence-electron chi connectivity index (χ1n) is 6.88. The lowest BCUT2D eigenvalue weighted by Gasteiger charge is -2.30. The third kappa shape index (κ3) is 3.46. The maximum atomic E-state index is 6.11. The fourth-order valence-corrected chi connectivity index (χ4v) is 2.48. The highest BCUT2D eigenvalue weighted by atomic mass is 35.5. The fraction of sp³-hybridized carbons (Fsp3) is 0.429. The van der Waals surface area contributed by atoms with Gasteiger partial charge in [-0.05, 0) is 25.1 Å². The highest BCUT2D eigenvalue weighted by Gasteiger charge is 2.15. The SMILES string of the molecule is Cc1noc(CNc2cc(Cl)ccc2N2CCOCC2)n1. The molecule has 2 heterocycles. The van der Waals surface area contributed by atoms with Gasteiger partial charge in [-0.2, -0.15) is 4.98 Å². The van der Waals surface area contributed by atoms with Crippen LogP contribution in [-0.4, -0.2) is 36.4 Å². The summed E-state index contributed by atoms with van der Waals surface area (Å²) < 4.78 is 10.5. The van der Waals surface area contributed by atoms with Crippen molar-refractivity contribution in [3.05, 3.63) is 34.9 Å². The highest BCUT2D eigenvalue weighted by molar-refractivity contribution is 6.31. The Morgan fingerprint density at radius 1 is 1.33 bits per heavy atom. The Morgan fingerprint density at radius 2 is 2.14 bits per heavy atom. The summed E-state index contributed by atoms with van der Waals surface area (Å²) in [7, 11) is 0. The molecule has 1 fully saturated rings. The fourth-order valence-electron chi connectivity index (χ4n) is 2.31. The first-order chi connectivity index (χ1) is 10.2. The molecule has 0 atom stereocenters. The summed E-state index contributed by atoms with van der Waals surface area (Å²) >= 11 is 6.11. The topological polar surface area (TPSA) is 63.4 Å². The molecule has 1 aromatic carbocycles. The van der Waals surface area contributed by atoms with Crippen LogP contribution in [0.2, 0.25) is 5.02 Å². The monoisotopic (exact) mass is 308 g/mol. The van der Waals surface area contributed by atoms with Gasteiger partial charge in [0, 0.05) is 18.1 Å². The second-order valence-electron chi connectivity index (χ2n) is 4.85. The van der Waals surface area contributed by atoms with Gasteiger partial charge in [0.2, 0.25) is 5.89 Å². The molecule has 0 spiro atoms. The van der Waals surface area contributed by atoms with E-state index >= 15 is 0 Å². The Labute approximate surface area is 128 Å². The summed E-state index contributed by atoms with van der Waals surface area (Å²) in [5, 5.41) is 7.79. The van der Waals surface area contributed by atoms with E-state index in [1.165, 1.54) is 0 Å². The van der Waals surface area contributed by atoms with Crippen LogP contribution in [0.5, 0.6) is 0 Å². The van der Waals surface area contributed by atoms with Crippen LogP contribution in [0.4, 0.5) is 11.4 Å². The van der Waals surface area contributed by atoms with Gasteiger partial charge >= 0.3 is 0 Å². The van der Waals surface area contributed by atoms with Gasteiger partial charge in [0.05, 0.1) is 31.1 Å². The predicted octanol–water partition coefficient (Wildman–Crippen LogP) is 2.48. The molecule has 7 heteroatoms. The summed E-state index contributed by atoms with van der Waals surface area (Å²) in [4.78, 5) is 6.46. The molecule has 3 rings (SSSR count). The van der Waals surface area contributed by atoms with E-state index in [1.807, 2.05) is 18.2 Å². The van der Waals surface area contributed by atoms with Gasteiger partial charge in [0.25, 0.3) is 0 Å². The van der Waals surface area contributed by atoms with Gasteiger partial charge in [0.15, 0.2) is 5.82 Å². The number of morpholine rings is 1. The quantitative estimate of drug-likeness (QED) is 0.936. The van der Waals surface area contributed by atoms with E-state index in [-0.39, 0.29) is 0 Å². The summed E-state index contributed by atoms with van der Waals surface area (Å²) in [6, 6.07) is 5.83. The molecule has 2 aromatic rings. The molecule has 1 aliphatic heterocycles. The van der Waals surface area contributed by atoms with E-state index in [2.05, 4.69) is 20.4 Å². The van der Waals surface area contributed by atoms with Crippen molar-refractivity contribution in [3.63, 3.8) is 0 Å². The van der Waals surface area contributed by atoms with Crippen LogP contribution in [0.15, 0.2) is 22.7 Å². The molecular formula is C14H17ClN4O2. The van der Waals surface area contributed by atoms with E-state index in [1.54, 1.807) is 6.92 Å². The minimum atomic E-state index is 0.471. The van der Waals surface area contributed by atoms with E-state index in [9.17, 15) is 0 Å². The van der Waals surface area contributed by atoms with Crippen molar-refractivity contribution >= 4 is 23.0 Å². The molecule has 0 unspecified atom stereocenters. The second-order valence-corrected chi connectivity index (χ2v) is 5.29. The standard InChI is InChI=1S/C14H17ClN4O2/c1-10-17-14(21-18-10)9-16-12-8-11(15)2-3-13(12)19-4-6-20-7-5-19/h2-3,8,16H,4-7,9H2,1H3. The lowest BCUT2D eigenvalue weighted by atomic mass is 10.2. The van der Waals surface area contributed by atoms with Crippen molar-refractivity contribution < 1.29 is 9.26 Å². The van der Waals surface area contributed by atoms with Crippen LogP contribution in [0.1, 0.15) is 11.7 Å². The molecule has 112 valence electrons. The molecule has 6 nitrogen and oxygen atoms in total. The molecule has 21 heavy (non-hydrogen) atoms. The molecule has 0 aliphatic carbocycles. The second kappa shape index (κ2) is 6.32. The number of halogens is 1. The van der Waals surface area contributed by atoms with Crippen molar-refractivity contribution in [2.24, 2.45) is 0 Å². The molecule has 1 saturated heterocycles. The number of nitrogens with zero attached hydrogens (tertiary/aromatic N) is 3. The van der Waals surface area contributed by atoms with Crippen LogP contribution < -0.4 is 10.2 Å². The minimum Gasteiger partial charge on any atom is -0.378 e. The molecule has 0 bridgehead atoms. The van der Waals surface area contributed by atoms with Crippen molar-refractivity contribution in [2.45, 2.75) is 13.5 Å². The molecule has 1 aliphatic rings. The molecule has 0 saturated carbocycles.